The highest BCUT2D eigenvalue weighted by Gasteiger charge is 2.10. The monoisotopic (exact) mass is 399 g/mol. The molecule has 6 heteroatoms. The molecule has 0 fully saturated rings. The molecule has 0 aliphatic rings. The lowest BCUT2D eigenvalue weighted by Gasteiger charge is -2.05. The molecule has 0 aliphatic heterocycles. The predicted octanol–water partition coefficient (Wildman–Crippen LogP) is 4.17. The lowest BCUT2D eigenvalue weighted by molar-refractivity contribution is 0.0954. The maximum absolute atomic E-state index is 12.4. The van der Waals surface area contributed by atoms with Crippen LogP contribution in [0.1, 0.15) is 21.5 Å². The Morgan fingerprint density at radius 1 is 1.10 bits per heavy atom. The minimum Gasteiger partial charge on any atom is -0.504 e. The van der Waals surface area contributed by atoms with E-state index in [-0.39, 0.29) is 11.5 Å². The Balaban J connectivity index is 1.55. The summed E-state index contributed by atoms with van der Waals surface area (Å²) < 4.78 is 7.20. The summed E-state index contributed by atoms with van der Waals surface area (Å²) in [5, 5.41) is 14.8. The zero-order valence-electron chi connectivity index (χ0n) is 16.4. The molecule has 150 valence electrons. The number of rotatable bonds is 6. The molecule has 2 N–H and O–H groups in total. The number of carbonyl (C=O) groups excluding carboxylic acids is 1. The van der Waals surface area contributed by atoms with Crippen LogP contribution in [-0.2, 0) is 6.54 Å². The van der Waals surface area contributed by atoms with Crippen molar-refractivity contribution in [2.24, 2.45) is 5.10 Å². The summed E-state index contributed by atoms with van der Waals surface area (Å²) in [6.45, 7) is 0.745. The number of amides is 1. The van der Waals surface area contributed by atoms with Crippen molar-refractivity contribution in [3.63, 3.8) is 0 Å². The zero-order chi connectivity index (χ0) is 20.9. The number of hydrogen-bond donors (Lipinski definition) is 2. The maximum atomic E-state index is 12.4. The number of hydrogen-bond acceptors (Lipinski definition) is 4. The summed E-state index contributed by atoms with van der Waals surface area (Å²) in [5.74, 6) is -0.183. The quantitative estimate of drug-likeness (QED) is 0.377. The van der Waals surface area contributed by atoms with Gasteiger partial charge in [-0.25, -0.2) is 5.43 Å². The molecular formula is C24H21N3O3. The standard InChI is InChI=1S/C24H21N3O3/c1-30-23-13-18(11-12-22(23)28)24(29)26-25-14-19-16-27(15-17-7-3-2-4-8-17)21-10-6-5-9-20(19)21/h2-14,16,28H,15H2,1H3,(H,26,29)/b25-14-. The Bertz CT molecular complexity index is 1210. The second kappa shape index (κ2) is 8.53. The number of para-hydroxylation sites is 1. The van der Waals surface area contributed by atoms with Gasteiger partial charge in [-0.2, -0.15) is 5.10 Å². The molecule has 30 heavy (non-hydrogen) atoms. The first-order valence-electron chi connectivity index (χ1n) is 9.48. The van der Waals surface area contributed by atoms with E-state index in [1.807, 2.05) is 42.6 Å². The summed E-state index contributed by atoms with van der Waals surface area (Å²) in [7, 11) is 1.43. The first-order valence-corrected chi connectivity index (χ1v) is 9.48. The molecule has 0 radical (unpaired) electrons. The Hall–Kier alpha value is -4.06. The van der Waals surface area contributed by atoms with Gasteiger partial charge in [0.25, 0.3) is 5.91 Å². The molecule has 6 nitrogen and oxygen atoms in total. The molecule has 4 rings (SSSR count). The smallest absolute Gasteiger partial charge is 0.271 e. The van der Waals surface area contributed by atoms with Gasteiger partial charge in [-0.05, 0) is 29.8 Å². The minimum absolute atomic E-state index is 0.0243. The molecular weight excluding hydrogens is 378 g/mol. The van der Waals surface area contributed by atoms with E-state index in [1.165, 1.54) is 30.9 Å². The van der Waals surface area contributed by atoms with Crippen LogP contribution in [0.25, 0.3) is 10.9 Å². The highest BCUT2D eigenvalue weighted by atomic mass is 16.5. The van der Waals surface area contributed by atoms with Gasteiger partial charge < -0.3 is 14.4 Å². The fourth-order valence-electron chi connectivity index (χ4n) is 3.33. The summed E-state index contributed by atoms with van der Waals surface area (Å²) >= 11 is 0. The number of nitrogens with one attached hydrogen (secondary N) is 1. The average Bonchev–Trinajstić information content (AvgIpc) is 3.12. The second-order valence-electron chi connectivity index (χ2n) is 6.80. The number of aromatic hydroxyl groups is 1. The van der Waals surface area contributed by atoms with Gasteiger partial charge in [-0.3, -0.25) is 4.79 Å². The van der Waals surface area contributed by atoms with Crippen molar-refractivity contribution >= 4 is 23.0 Å². The topological polar surface area (TPSA) is 75.8 Å². The highest BCUT2D eigenvalue weighted by Crippen LogP contribution is 2.26. The van der Waals surface area contributed by atoms with Crippen LogP contribution in [0.5, 0.6) is 11.5 Å². The number of fused-ring (bicyclic) bond motifs is 1. The Kier molecular flexibility index (Phi) is 5.48. The second-order valence-corrected chi connectivity index (χ2v) is 6.80. The van der Waals surface area contributed by atoms with Crippen LogP contribution in [0.4, 0.5) is 0 Å². The molecule has 0 aliphatic carbocycles. The normalized spacial score (nSPS) is 11.1. The highest BCUT2D eigenvalue weighted by molar-refractivity contribution is 6.00. The number of phenolic OH excluding ortho intramolecular Hbond substituents is 1. The van der Waals surface area contributed by atoms with Crippen molar-refractivity contribution in [1.82, 2.24) is 9.99 Å². The number of methoxy groups -OCH3 is 1. The van der Waals surface area contributed by atoms with Gasteiger partial charge in [0.1, 0.15) is 0 Å². The molecule has 0 saturated heterocycles. The van der Waals surface area contributed by atoms with Crippen LogP contribution in [0, 0.1) is 0 Å². The van der Waals surface area contributed by atoms with Gasteiger partial charge in [0.2, 0.25) is 0 Å². The zero-order valence-corrected chi connectivity index (χ0v) is 16.4. The minimum atomic E-state index is -0.391. The van der Waals surface area contributed by atoms with Crippen molar-refractivity contribution in [2.45, 2.75) is 6.54 Å². The number of phenols is 1. The number of nitrogens with zero attached hydrogens (tertiary/aromatic N) is 2. The van der Waals surface area contributed by atoms with Gasteiger partial charge >= 0.3 is 0 Å². The van der Waals surface area contributed by atoms with E-state index in [0.717, 1.165) is 23.0 Å². The van der Waals surface area contributed by atoms with Crippen LogP contribution in [0.15, 0.2) is 84.1 Å². The van der Waals surface area contributed by atoms with Gasteiger partial charge in [0.15, 0.2) is 11.5 Å². The Morgan fingerprint density at radius 3 is 2.67 bits per heavy atom. The third-order valence-electron chi connectivity index (χ3n) is 4.83. The molecule has 0 bridgehead atoms. The third-order valence-corrected chi connectivity index (χ3v) is 4.83. The number of hydrazone groups is 1. The van der Waals surface area contributed by atoms with E-state index in [0.29, 0.717) is 5.56 Å². The van der Waals surface area contributed by atoms with Crippen molar-refractivity contribution in [3.8, 4) is 11.5 Å². The van der Waals surface area contributed by atoms with Crippen LogP contribution in [-0.4, -0.2) is 28.9 Å². The van der Waals surface area contributed by atoms with Gasteiger partial charge in [0, 0.05) is 34.8 Å². The Labute approximate surface area is 174 Å². The van der Waals surface area contributed by atoms with Crippen molar-refractivity contribution in [1.29, 1.82) is 0 Å². The number of aromatic nitrogens is 1. The largest absolute Gasteiger partial charge is 0.504 e. The lowest BCUT2D eigenvalue weighted by atomic mass is 10.2. The first-order chi connectivity index (χ1) is 14.7. The van der Waals surface area contributed by atoms with Crippen LogP contribution in [0.3, 0.4) is 0 Å². The molecule has 1 aromatic heterocycles. The van der Waals surface area contributed by atoms with Crippen molar-refractivity contribution < 1.29 is 14.6 Å². The van der Waals surface area contributed by atoms with E-state index >= 15 is 0 Å². The molecule has 0 unspecified atom stereocenters. The Morgan fingerprint density at radius 2 is 1.87 bits per heavy atom. The summed E-state index contributed by atoms with van der Waals surface area (Å²) in [6, 6.07) is 22.7. The molecule has 1 heterocycles. The summed E-state index contributed by atoms with van der Waals surface area (Å²) in [5.41, 5.74) is 6.07. The molecule has 4 aromatic rings. The number of benzene rings is 3. The van der Waals surface area contributed by atoms with Crippen LogP contribution < -0.4 is 10.2 Å². The van der Waals surface area contributed by atoms with Gasteiger partial charge in [0.05, 0.1) is 13.3 Å². The number of carbonyl (C=O) groups is 1. The molecule has 3 aromatic carbocycles. The van der Waals surface area contributed by atoms with Crippen LogP contribution >= 0.6 is 0 Å². The lowest BCUT2D eigenvalue weighted by Crippen LogP contribution is -2.17. The van der Waals surface area contributed by atoms with E-state index < -0.39 is 5.91 Å². The van der Waals surface area contributed by atoms with E-state index in [1.54, 1.807) is 6.21 Å². The van der Waals surface area contributed by atoms with Gasteiger partial charge in [-0.15, -0.1) is 0 Å². The van der Waals surface area contributed by atoms with Crippen molar-refractivity contribution in [2.75, 3.05) is 7.11 Å². The maximum Gasteiger partial charge on any atom is 0.271 e. The SMILES string of the molecule is COc1cc(C(=O)N/N=C\c2cn(Cc3ccccc3)c3ccccc23)ccc1O. The summed E-state index contributed by atoms with van der Waals surface area (Å²) in [6.07, 6.45) is 3.66. The fraction of sp³-hybridized carbons (Fsp3) is 0.0833. The van der Waals surface area contributed by atoms with E-state index in [9.17, 15) is 9.90 Å². The van der Waals surface area contributed by atoms with E-state index in [2.05, 4.69) is 33.3 Å². The first kappa shape index (κ1) is 19.3. The van der Waals surface area contributed by atoms with Crippen LogP contribution in [0.2, 0.25) is 0 Å². The average molecular weight is 399 g/mol. The third kappa shape index (κ3) is 4.03. The summed E-state index contributed by atoms with van der Waals surface area (Å²) in [4.78, 5) is 12.4. The molecule has 0 atom stereocenters. The molecule has 0 spiro atoms. The van der Waals surface area contributed by atoms with Crippen molar-refractivity contribution in [3.05, 3.63) is 95.7 Å². The van der Waals surface area contributed by atoms with E-state index in [4.69, 9.17) is 4.74 Å². The van der Waals surface area contributed by atoms with Gasteiger partial charge in [-0.1, -0.05) is 48.5 Å². The fourth-order valence-corrected chi connectivity index (χ4v) is 3.33. The number of ether oxygens (including phenoxy) is 1. The predicted molar refractivity (Wildman–Crippen MR) is 117 cm³/mol. The molecule has 0 saturated carbocycles. The molecule has 1 amide bonds.